The van der Waals surface area contributed by atoms with Gasteiger partial charge in [0, 0.05) is 0 Å². The van der Waals surface area contributed by atoms with E-state index in [0.29, 0.717) is 13.2 Å². The SMILES string of the molecule is CCCC1(c2cccc(OCc3ccc4ccc(F)cc4c3)c2)COC(C)(C)O1. The van der Waals surface area contributed by atoms with Gasteiger partial charge in [0.05, 0.1) is 6.61 Å². The summed E-state index contributed by atoms with van der Waals surface area (Å²) >= 11 is 0. The Bertz CT molecular complexity index is 1010. The van der Waals surface area contributed by atoms with E-state index in [1.54, 1.807) is 12.1 Å². The summed E-state index contributed by atoms with van der Waals surface area (Å²) in [5, 5.41) is 1.89. The van der Waals surface area contributed by atoms with E-state index in [0.717, 1.165) is 40.5 Å². The first-order valence-corrected chi connectivity index (χ1v) is 10.1. The Balaban J connectivity index is 1.53. The van der Waals surface area contributed by atoms with Crippen LogP contribution in [-0.2, 0) is 21.7 Å². The second-order valence-corrected chi connectivity index (χ2v) is 8.18. The van der Waals surface area contributed by atoms with Crippen LogP contribution in [0.3, 0.4) is 0 Å². The van der Waals surface area contributed by atoms with E-state index in [4.69, 9.17) is 14.2 Å². The third-order valence-corrected chi connectivity index (χ3v) is 5.38. The van der Waals surface area contributed by atoms with Gasteiger partial charge in [0.15, 0.2) is 5.79 Å². The summed E-state index contributed by atoms with van der Waals surface area (Å²) in [5.74, 6) is -0.0383. The summed E-state index contributed by atoms with van der Waals surface area (Å²) in [7, 11) is 0. The predicted molar refractivity (Wildman–Crippen MR) is 112 cm³/mol. The molecule has 1 fully saturated rings. The maximum Gasteiger partial charge on any atom is 0.164 e. The van der Waals surface area contributed by atoms with Crippen LogP contribution < -0.4 is 4.74 Å². The van der Waals surface area contributed by atoms with Crippen molar-refractivity contribution in [1.82, 2.24) is 0 Å². The minimum atomic E-state index is -0.591. The molecule has 3 aromatic rings. The smallest absolute Gasteiger partial charge is 0.164 e. The summed E-state index contributed by atoms with van der Waals surface area (Å²) in [6.07, 6.45) is 1.88. The Morgan fingerprint density at radius 3 is 2.59 bits per heavy atom. The van der Waals surface area contributed by atoms with Crippen molar-refractivity contribution in [3.05, 3.63) is 77.6 Å². The molecule has 1 aliphatic rings. The van der Waals surface area contributed by atoms with Crippen molar-refractivity contribution < 1.29 is 18.6 Å². The van der Waals surface area contributed by atoms with Crippen molar-refractivity contribution in [2.75, 3.05) is 6.61 Å². The average Bonchev–Trinajstić information content (AvgIpc) is 3.02. The Hall–Kier alpha value is -2.43. The lowest BCUT2D eigenvalue weighted by Gasteiger charge is -2.29. The van der Waals surface area contributed by atoms with Crippen LogP contribution in [0.4, 0.5) is 4.39 Å². The second-order valence-electron chi connectivity index (χ2n) is 8.18. The van der Waals surface area contributed by atoms with Gasteiger partial charge in [0.1, 0.15) is 23.8 Å². The normalized spacial score (nSPS) is 20.8. The molecule has 4 heteroatoms. The fraction of sp³-hybridized carbons (Fsp3) is 0.360. The van der Waals surface area contributed by atoms with Crippen molar-refractivity contribution in [1.29, 1.82) is 0 Å². The summed E-state index contributed by atoms with van der Waals surface area (Å²) in [5.41, 5.74) is 1.62. The second kappa shape index (κ2) is 7.77. The van der Waals surface area contributed by atoms with Crippen LogP contribution in [0.2, 0.25) is 0 Å². The van der Waals surface area contributed by atoms with Gasteiger partial charge in [-0.15, -0.1) is 0 Å². The molecule has 1 saturated heterocycles. The van der Waals surface area contributed by atoms with Crippen molar-refractivity contribution in [3.8, 4) is 5.75 Å². The zero-order chi connectivity index (χ0) is 20.5. The molecule has 0 N–H and O–H groups in total. The molecular formula is C25H27FO3. The number of ether oxygens (including phenoxy) is 3. The molecule has 29 heavy (non-hydrogen) atoms. The number of hydrogen-bond donors (Lipinski definition) is 0. The first-order valence-electron chi connectivity index (χ1n) is 10.1. The highest BCUT2D eigenvalue weighted by molar-refractivity contribution is 5.83. The zero-order valence-corrected chi connectivity index (χ0v) is 17.2. The fourth-order valence-corrected chi connectivity index (χ4v) is 4.03. The molecule has 0 spiro atoms. The lowest BCUT2D eigenvalue weighted by molar-refractivity contribution is -0.165. The molecule has 0 saturated carbocycles. The van der Waals surface area contributed by atoms with Gasteiger partial charge in [-0.1, -0.05) is 43.7 Å². The number of halogens is 1. The van der Waals surface area contributed by atoms with Crippen LogP contribution in [0.25, 0.3) is 10.8 Å². The van der Waals surface area contributed by atoms with E-state index in [1.165, 1.54) is 6.07 Å². The highest BCUT2D eigenvalue weighted by Crippen LogP contribution is 2.42. The van der Waals surface area contributed by atoms with Crippen LogP contribution in [0.1, 0.15) is 44.7 Å². The maximum absolute atomic E-state index is 13.5. The molecule has 0 aliphatic carbocycles. The highest BCUT2D eigenvalue weighted by Gasteiger charge is 2.46. The lowest BCUT2D eigenvalue weighted by atomic mass is 9.90. The molecule has 3 aromatic carbocycles. The fourth-order valence-electron chi connectivity index (χ4n) is 4.03. The molecule has 3 nitrogen and oxygen atoms in total. The molecule has 0 bridgehead atoms. The Kier molecular flexibility index (Phi) is 5.32. The molecule has 0 radical (unpaired) electrons. The van der Waals surface area contributed by atoms with E-state index >= 15 is 0 Å². The van der Waals surface area contributed by atoms with Crippen molar-refractivity contribution in [2.24, 2.45) is 0 Å². The minimum absolute atomic E-state index is 0.230. The van der Waals surface area contributed by atoms with Crippen molar-refractivity contribution in [3.63, 3.8) is 0 Å². The molecule has 1 atom stereocenters. The van der Waals surface area contributed by atoms with Crippen LogP contribution in [-0.4, -0.2) is 12.4 Å². The molecule has 4 rings (SSSR count). The van der Waals surface area contributed by atoms with Crippen LogP contribution in [0, 0.1) is 5.82 Å². The molecule has 152 valence electrons. The maximum atomic E-state index is 13.5. The summed E-state index contributed by atoms with van der Waals surface area (Å²) in [6, 6.07) is 18.9. The molecule has 1 unspecified atom stereocenters. The Labute approximate surface area is 171 Å². The van der Waals surface area contributed by atoms with Crippen molar-refractivity contribution >= 4 is 10.8 Å². The average molecular weight is 394 g/mol. The lowest BCUT2D eigenvalue weighted by Crippen LogP contribution is -2.31. The molecule has 1 aliphatic heterocycles. The number of fused-ring (bicyclic) bond motifs is 1. The van der Waals surface area contributed by atoms with E-state index < -0.39 is 11.4 Å². The first-order chi connectivity index (χ1) is 13.9. The van der Waals surface area contributed by atoms with Gasteiger partial charge in [0.2, 0.25) is 0 Å². The topological polar surface area (TPSA) is 27.7 Å². The summed E-state index contributed by atoms with van der Waals surface area (Å²) < 4.78 is 31.8. The third-order valence-electron chi connectivity index (χ3n) is 5.38. The van der Waals surface area contributed by atoms with Gasteiger partial charge in [-0.2, -0.15) is 0 Å². The molecular weight excluding hydrogens is 367 g/mol. The Morgan fingerprint density at radius 1 is 1.00 bits per heavy atom. The van der Waals surface area contributed by atoms with Gasteiger partial charge < -0.3 is 14.2 Å². The minimum Gasteiger partial charge on any atom is -0.489 e. The van der Waals surface area contributed by atoms with Crippen LogP contribution in [0.15, 0.2) is 60.7 Å². The summed E-state index contributed by atoms with van der Waals surface area (Å²) in [6.45, 7) is 7.01. The summed E-state index contributed by atoms with van der Waals surface area (Å²) in [4.78, 5) is 0. The number of hydrogen-bond acceptors (Lipinski definition) is 3. The monoisotopic (exact) mass is 394 g/mol. The van der Waals surface area contributed by atoms with Gasteiger partial charge in [-0.05, 0) is 72.5 Å². The molecule has 0 aromatic heterocycles. The predicted octanol–water partition coefficient (Wildman–Crippen LogP) is 6.34. The van der Waals surface area contributed by atoms with E-state index in [1.807, 2.05) is 50.2 Å². The Morgan fingerprint density at radius 2 is 1.83 bits per heavy atom. The third kappa shape index (κ3) is 4.29. The van der Waals surface area contributed by atoms with Crippen LogP contribution in [0.5, 0.6) is 5.75 Å². The number of rotatable bonds is 6. The quantitative estimate of drug-likeness (QED) is 0.488. The standard InChI is InChI=1S/C25H27FO3/c1-4-12-25(17-28-24(2,3)29-25)21-6-5-7-23(15-21)27-16-18-8-9-19-10-11-22(26)14-20(19)13-18/h5-11,13-15H,4,12,16-17H2,1-3H3. The van der Waals surface area contributed by atoms with Crippen LogP contribution >= 0.6 is 0 Å². The largest absolute Gasteiger partial charge is 0.489 e. The van der Waals surface area contributed by atoms with E-state index in [-0.39, 0.29) is 5.82 Å². The number of benzene rings is 3. The van der Waals surface area contributed by atoms with Crippen molar-refractivity contribution in [2.45, 2.75) is 51.6 Å². The molecule has 1 heterocycles. The van der Waals surface area contributed by atoms with Gasteiger partial charge in [0.25, 0.3) is 0 Å². The van der Waals surface area contributed by atoms with Gasteiger partial charge in [-0.3, -0.25) is 0 Å². The van der Waals surface area contributed by atoms with Gasteiger partial charge in [-0.25, -0.2) is 4.39 Å². The molecule has 0 amide bonds. The highest BCUT2D eigenvalue weighted by atomic mass is 19.1. The van der Waals surface area contributed by atoms with Gasteiger partial charge >= 0.3 is 0 Å². The van der Waals surface area contributed by atoms with E-state index in [2.05, 4.69) is 13.0 Å². The zero-order valence-electron chi connectivity index (χ0n) is 17.2. The first kappa shape index (κ1) is 19.9. The van der Waals surface area contributed by atoms with E-state index in [9.17, 15) is 4.39 Å².